The summed E-state index contributed by atoms with van der Waals surface area (Å²) < 4.78 is 0. The molecule has 1 aliphatic heterocycles. The SMILES string of the molecule is O=C(O)CNC(=O)CNC(=O)C1CC(=O)N(CC2CC2)C1. The van der Waals surface area contributed by atoms with Crippen LogP contribution in [0, 0.1) is 11.8 Å². The van der Waals surface area contributed by atoms with E-state index in [1.165, 1.54) is 0 Å². The molecule has 0 bridgehead atoms. The van der Waals surface area contributed by atoms with E-state index >= 15 is 0 Å². The maximum atomic E-state index is 11.9. The molecule has 1 saturated carbocycles. The molecule has 8 nitrogen and oxygen atoms in total. The largest absolute Gasteiger partial charge is 0.480 e. The summed E-state index contributed by atoms with van der Waals surface area (Å²) >= 11 is 0. The number of aliphatic carboxylic acids is 1. The highest BCUT2D eigenvalue weighted by molar-refractivity contribution is 5.91. The van der Waals surface area contributed by atoms with Gasteiger partial charge in [0.05, 0.1) is 12.5 Å². The molecule has 1 heterocycles. The molecule has 116 valence electrons. The lowest BCUT2D eigenvalue weighted by Gasteiger charge is -2.15. The number of carboxylic acids is 1. The number of hydrogen-bond acceptors (Lipinski definition) is 4. The average Bonchev–Trinajstić information content (AvgIpc) is 3.17. The maximum Gasteiger partial charge on any atom is 0.322 e. The number of nitrogens with zero attached hydrogens (tertiary/aromatic N) is 1. The Morgan fingerprint density at radius 3 is 2.52 bits per heavy atom. The van der Waals surface area contributed by atoms with Crippen molar-refractivity contribution in [1.29, 1.82) is 0 Å². The molecule has 0 radical (unpaired) electrons. The van der Waals surface area contributed by atoms with Crippen molar-refractivity contribution in [3.63, 3.8) is 0 Å². The molecule has 1 atom stereocenters. The molecule has 21 heavy (non-hydrogen) atoms. The summed E-state index contributed by atoms with van der Waals surface area (Å²) in [6.07, 6.45) is 2.46. The van der Waals surface area contributed by atoms with E-state index in [9.17, 15) is 19.2 Å². The minimum atomic E-state index is -1.15. The first-order valence-electron chi connectivity index (χ1n) is 6.99. The van der Waals surface area contributed by atoms with Gasteiger partial charge in [-0.2, -0.15) is 0 Å². The summed E-state index contributed by atoms with van der Waals surface area (Å²) in [5, 5.41) is 13.0. The van der Waals surface area contributed by atoms with Crippen LogP contribution in [0.3, 0.4) is 0 Å². The predicted octanol–water partition coefficient (Wildman–Crippen LogP) is -1.44. The van der Waals surface area contributed by atoms with Gasteiger partial charge in [0, 0.05) is 19.5 Å². The summed E-state index contributed by atoms with van der Waals surface area (Å²) in [6.45, 7) is 0.366. The predicted molar refractivity (Wildman–Crippen MR) is 71.1 cm³/mol. The smallest absolute Gasteiger partial charge is 0.322 e. The van der Waals surface area contributed by atoms with Crippen molar-refractivity contribution < 1.29 is 24.3 Å². The molecule has 0 aromatic carbocycles. The second kappa shape index (κ2) is 6.55. The zero-order valence-corrected chi connectivity index (χ0v) is 11.6. The van der Waals surface area contributed by atoms with Gasteiger partial charge in [-0.3, -0.25) is 19.2 Å². The highest BCUT2D eigenvalue weighted by atomic mass is 16.4. The van der Waals surface area contributed by atoms with Crippen LogP contribution < -0.4 is 10.6 Å². The zero-order chi connectivity index (χ0) is 15.4. The molecule has 0 aromatic heterocycles. The summed E-state index contributed by atoms with van der Waals surface area (Å²) in [6, 6.07) is 0. The van der Waals surface area contributed by atoms with Crippen molar-refractivity contribution in [2.75, 3.05) is 26.2 Å². The van der Waals surface area contributed by atoms with Crippen molar-refractivity contribution in [1.82, 2.24) is 15.5 Å². The molecule has 1 unspecified atom stereocenters. The normalized spacial score (nSPS) is 21.2. The molecule has 2 rings (SSSR count). The molecule has 8 heteroatoms. The number of hydrogen-bond donors (Lipinski definition) is 3. The lowest BCUT2D eigenvalue weighted by atomic mass is 10.1. The number of carbonyl (C=O) groups is 4. The maximum absolute atomic E-state index is 11.9. The van der Waals surface area contributed by atoms with Gasteiger partial charge < -0.3 is 20.6 Å². The molecule has 0 spiro atoms. The van der Waals surface area contributed by atoms with Crippen LogP contribution in [-0.4, -0.2) is 59.9 Å². The van der Waals surface area contributed by atoms with Crippen LogP contribution >= 0.6 is 0 Å². The summed E-state index contributed by atoms with van der Waals surface area (Å²) in [4.78, 5) is 46.9. The van der Waals surface area contributed by atoms with Crippen molar-refractivity contribution in [3.05, 3.63) is 0 Å². The van der Waals surface area contributed by atoms with Crippen LogP contribution in [-0.2, 0) is 19.2 Å². The second-order valence-electron chi connectivity index (χ2n) is 5.53. The van der Waals surface area contributed by atoms with Gasteiger partial charge >= 0.3 is 5.97 Å². The van der Waals surface area contributed by atoms with Crippen LogP contribution in [0.1, 0.15) is 19.3 Å². The highest BCUT2D eigenvalue weighted by Gasteiger charge is 2.37. The molecule has 3 N–H and O–H groups in total. The second-order valence-corrected chi connectivity index (χ2v) is 5.53. The van der Waals surface area contributed by atoms with Gasteiger partial charge in [0.25, 0.3) is 0 Å². The first kappa shape index (κ1) is 15.3. The molecule has 2 aliphatic rings. The fraction of sp³-hybridized carbons (Fsp3) is 0.692. The van der Waals surface area contributed by atoms with Gasteiger partial charge in [0.2, 0.25) is 17.7 Å². The van der Waals surface area contributed by atoms with E-state index in [2.05, 4.69) is 10.6 Å². The number of carbonyl (C=O) groups excluding carboxylic acids is 3. The van der Waals surface area contributed by atoms with Gasteiger partial charge in [-0.25, -0.2) is 0 Å². The topological polar surface area (TPSA) is 116 Å². The van der Waals surface area contributed by atoms with Crippen LogP contribution in [0.2, 0.25) is 0 Å². The Morgan fingerprint density at radius 2 is 1.90 bits per heavy atom. The van der Waals surface area contributed by atoms with Gasteiger partial charge in [0.1, 0.15) is 6.54 Å². The lowest BCUT2D eigenvalue weighted by Crippen LogP contribution is -2.41. The van der Waals surface area contributed by atoms with Gasteiger partial charge in [-0.15, -0.1) is 0 Å². The van der Waals surface area contributed by atoms with Gasteiger partial charge in [-0.05, 0) is 18.8 Å². The van der Waals surface area contributed by atoms with Crippen LogP contribution in [0.4, 0.5) is 0 Å². The van der Waals surface area contributed by atoms with E-state index in [0.717, 1.165) is 19.4 Å². The van der Waals surface area contributed by atoms with Crippen molar-refractivity contribution in [2.45, 2.75) is 19.3 Å². The van der Waals surface area contributed by atoms with Gasteiger partial charge in [0.15, 0.2) is 0 Å². The fourth-order valence-electron chi connectivity index (χ4n) is 2.28. The molecule has 3 amide bonds. The highest BCUT2D eigenvalue weighted by Crippen LogP contribution is 2.31. The van der Waals surface area contributed by atoms with E-state index in [1.54, 1.807) is 4.90 Å². The Labute approximate surface area is 121 Å². The summed E-state index contributed by atoms with van der Waals surface area (Å²) in [5.41, 5.74) is 0. The Morgan fingerprint density at radius 1 is 1.19 bits per heavy atom. The van der Waals surface area contributed by atoms with E-state index in [0.29, 0.717) is 12.5 Å². The number of amides is 3. The third kappa shape index (κ3) is 4.73. The number of nitrogens with one attached hydrogen (secondary N) is 2. The minimum Gasteiger partial charge on any atom is -0.480 e. The van der Waals surface area contributed by atoms with E-state index in [4.69, 9.17) is 5.11 Å². The quantitative estimate of drug-likeness (QED) is 0.532. The fourth-order valence-corrected chi connectivity index (χ4v) is 2.28. The average molecular weight is 297 g/mol. The Kier molecular flexibility index (Phi) is 4.77. The lowest BCUT2D eigenvalue weighted by molar-refractivity contribution is -0.137. The first-order valence-corrected chi connectivity index (χ1v) is 6.99. The Bertz CT molecular complexity index is 461. The summed E-state index contributed by atoms with van der Waals surface area (Å²) in [7, 11) is 0. The standard InChI is InChI=1S/C13H19N3O5/c17-10(14-5-12(19)20)4-15-13(21)9-3-11(18)16(7-9)6-8-1-2-8/h8-9H,1-7H2,(H,14,17)(H,15,21)(H,19,20). The molecule has 2 fully saturated rings. The van der Waals surface area contributed by atoms with E-state index in [-0.39, 0.29) is 24.8 Å². The van der Waals surface area contributed by atoms with Crippen molar-refractivity contribution >= 4 is 23.7 Å². The number of likely N-dealkylation sites (tertiary alicyclic amines) is 1. The number of rotatable bonds is 7. The van der Waals surface area contributed by atoms with Crippen molar-refractivity contribution in [3.8, 4) is 0 Å². The van der Waals surface area contributed by atoms with Crippen LogP contribution in [0.5, 0.6) is 0 Å². The Balaban J connectivity index is 1.69. The molecule has 0 aromatic rings. The van der Waals surface area contributed by atoms with Crippen molar-refractivity contribution in [2.24, 2.45) is 11.8 Å². The zero-order valence-electron chi connectivity index (χ0n) is 11.6. The third-order valence-electron chi connectivity index (χ3n) is 3.62. The third-order valence-corrected chi connectivity index (χ3v) is 3.62. The Hall–Kier alpha value is -2.12. The summed E-state index contributed by atoms with van der Waals surface area (Å²) in [5.74, 6) is -1.91. The number of carboxylic acid groups (broad SMARTS) is 1. The van der Waals surface area contributed by atoms with E-state index < -0.39 is 24.3 Å². The first-order chi connectivity index (χ1) is 9.95. The molecule has 1 saturated heterocycles. The molecular weight excluding hydrogens is 278 g/mol. The van der Waals surface area contributed by atoms with Crippen LogP contribution in [0.15, 0.2) is 0 Å². The monoisotopic (exact) mass is 297 g/mol. The van der Waals surface area contributed by atoms with Gasteiger partial charge in [-0.1, -0.05) is 0 Å². The van der Waals surface area contributed by atoms with Crippen LogP contribution in [0.25, 0.3) is 0 Å². The minimum absolute atomic E-state index is 0.0163. The molecular formula is C13H19N3O5. The van der Waals surface area contributed by atoms with E-state index in [1.807, 2.05) is 0 Å². The molecule has 1 aliphatic carbocycles.